The predicted molar refractivity (Wildman–Crippen MR) is 92.4 cm³/mol. The van der Waals surface area contributed by atoms with E-state index < -0.39 is 18.0 Å². The molecule has 0 aliphatic heterocycles. The lowest BCUT2D eigenvalue weighted by Crippen LogP contribution is -2.32. The summed E-state index contributed by atoms with van der Waals surface area (Å²) in [6, 6.07) is 8.75. The van der Waals surface area contributed by atoms with Crippen LogP contribution in [0, 0.1) is 0 Å². The normalized spacial score (nSPS) is 11.7. The molecule has 126 valence electrons. The number of anilines is 2. The zero-order valence-corrected chi connectivity index (χ0v) is 14.7. The van der Waals surface area contributed by atoms with Crippen LogP contribution in [0.3, 0.4) is 0 Å². The van der Waals surface area contributed by atoms with Crippen LogP contribution in [0.2, 0.25) is 15.2 Å². The summed E-state index contributed by atoms with van der Waals surface area (Å²) >= 11 is 17.6. The van der Waals surface area contributed by atoms with Gasteiger partial charge in [-0.15, -0.1) is 0 Å². The first kappa shape index (κ1) is 18.3. The molecule has 6 nitrogen and oxygen atoms in total. The van der Waals surface area contributed by atoms with Gasteiger partial charge in [-0.2, -0.15) is 4.98 Å². The molecule has 0 saturated heterocycles. The standard InChI is InChI=1S/C15H12Cl3N3O3/c1-7(14(22)20-8-5-3-2-4-6-8)24-15(23)12-9(16)11(19)10(17)13(18)21-12/h2-7H,1H3,(H2,19,21)(H,20,22)/p+1/t7-/m1/s1. The SMILES string of the molecule is C[C@@H](OC(=O)c1[nH+]c(Cl)c(Cl)c(N)c1Cl)C(=O)Nc1ccccc1. The molecule has 0 bridgehead atoms. The van der Waals surface area contributed by atoms with Crippen molar-refractivity contribution in [3.05, 3.63) is 51.2 Å². The lowest BCUT2D eigenvalue weighted by molar-refractivity contribution is -0.380. The number of aromatic amines is 1. The molecule has 1 heterocycles. The van der Waals surface area contributed by atoms with Gasteiger partial charge in [0.05, 0.1) is 5.69 Å². The van der Waals surface area contributed by atoms with Crippen molar-refractivity contribution in [1.82, 2.24) is 0 Å². The largest absolute Gasteiger partial charge is 0.445 e. The molecule has 0 spiro atoms. The minimum atomic E-state index is -1.07. The van der Waals surface area contributed by atoms with Crippen molar-refractivity contribution >= 4 is 58.1 Å². The summed E-state index contributed by atoms with van der Waals surface area (Å²) in [5.74, 6) is -1.39. The Kier molecular flexibility index (Phi) is 5.88. The number of ether oxygens (including phenoxy) is 1. The number of pyridine rings is 1. The number of esters is 1. The smallest absolute Gasteiger partial charge is 0.406 e. The highest BCUT2D eigenvalue weighted by atomic mass is 35.5. The van der Waals surface area contributed by atoms with E-state index in [-0.39, 0.29) is 26.6 Å². The van der Waals surface area contributed by atoms with Crippen LogP contribution in [0.25, 0.3) is 0 Å². The number of carbonyl (C=O) groups is 2. The third kappa shape index (κ3) is 4.08. The molecule has 1 atom stereocenters. The summed E-state index contributed by atoms with van der Waals surface area (Å²) < 4.78 is 5.08. The first-order valence-electron chi connectivity index (χ1n) is 6.73. The maximum Gasteiger partial charge on any atom is 0.406 e. The number of H-pyrrole nitrogens is 1. The van der Waals surface area contributed by atoms with Crippen molar-refractivity contribution in [1.29, 1.82) is 0 Å². The Hall–Kier alpha value is -2.02. The van der Waals surface area contributed by atoms with Gasteiger partial charge in [0.15, 0.2) is 6.10 Å². The van der Waals surface area contributed by atoms with E-state index in [2.05, 4.69) is 10.3 Å². The van der Waals surface area contributed by atoms with Gasteiger partial charge in [-0.1, -0.05) is 41.4 Å². The monoisotopic (exact) mass is 388 g/mol. The number of nitrogens with two attached hydrogens (primary N) is 1. The number of hydrogen-bond acceptors (Lipinski definition) is 4. The van der Waals surface area contributed by atoms with E-state index in [0.29, 0.717) is 5.69 Å². The highest BCUT2D eigenvalue weighted by Gasteiger charge is 2.30. The third-order valence-electron chi connectivity index (χ3n) is 3.02. The van der Waals surface area contributed by atoms with Crippen molar-refractivity contribution in [3.8, 4) is 0 Å². The molecule has 2 rings (SSSR count). The average molecular weight is 390 g/mol. The number of nitrogen functional groups attached to an aromatic ring is 1. The average Bonchev–Trinajstić information content (AvgIpc) is 2.56. The second-order valence-corrected chi connectivity index (χ2v) is 5.89. The number of nitrogens with one attached hydrogen (secondary N) is 2. The second-order valence-electron chi connectivity index (χ2n) is 4.76. The van der Waals surface area contributed by atoms with Crippen LogP contribution in [0.5, 0.6) is 0 Å². The fourth-order valence-corrected chi connectivity index (χ4v) is 2.35. The highest BCUT2D eigenvalue weighted by Crippen LogP contribution is 2.32. The van der Waals surface area contributed by atoms with Gasteiger partial charge >= 0.3 is 11.7 Å². The van der Waals surface area contributed by atoms with E-state index in [4.69, 9.17) is 45.3 Å². The van der Waals surface area contributed by atoms with Gasteiger partial charge in [-0.25, -0.2) is 4.79 Å². The molecule has 24 heavy (non-hydrogen) atoms. The van der Waals surface area contributed by atoms with Crippen molar-refractivity contribution in [2.45, 2.75) is 13.0 Å². The first-order valence-corrected chi connectivity index (χ1v) is 7.86. The number of para-hydroxylation sites is 1. The van der Waals surface area contributed by atoms with E-state index in [0.717, 1.165) is 0 Å². The lowest BCUT2D eigenvalue weighted by atomic mass is 10.3. The summed E-state index contributed by atoms with van der Waals surface area (Å²) in [7, 11) is 0. The minimum Gasteiger partial charge on any atom is -0.445 e. The molecular formula is C15H13Cl3N3O3+. The van der Waals surface area contributed by atoms with Gasteiger partial charge in [0.2, 0.25) is 0 Å². The molecule has 4 N–H and O–H groups in total. The number of hydrogen-bond donors (Lipinski definition) is 2. The van der Waals surface area contributed by atoms with Gasteiger partial charge in [0.25, 0.3) is 11.1 Å². The van der Waals surface area contributed by atoms with Crippen LogP contribution >= 0.6 is 34.8 Å². The number of benzene rings is 1. The van der Waals surface area contributed by atoms with E-state index >= 15 is 0 Å². The molecule has 0 unspecified atom stereocenters. The molecule has 0 aliphatic carbocycles. The Bertz CT molecular complexity index is 785. The Morgan fingerprint density at radius 1 is 1.17 bits per heavy atom. The molecular weight excluding hydrogens is 377 g/mol. The van der Waals surface area contributed by atoms with Gasteiger partial charge < -0.3 is 15.8 Å². The Morgan fingerprint density at radius 2 is 1.79 bits per heavy atom. The van der Waals surface area contributed by atoms with Gasteiger partial charge in [0.1, 0.15) is 10.0 Å². The topological polar surface area (TPSA) is 95.6 Å². The highest BCUT2D eigenvalue weighted by molar-refractivity contribution is 6.45. The number of carbonyl (C=O) groups excluding carboxylic acids is 2. The molecule has 0 fully saturated rings. The molecule has 0 aliphatic rings. The van der Waals surface area contributed by atoms with E-state index in [9.17, 15) is 9.59 Å². The summed E-state index contributed by atoms with van der Waals surface area (Å²) in [5, 5.41) is 2.41. The zero-order valence-electron chi connectivity index (χ0n) is 12.4. The Morgan fingerprint density at radius 3 is 2.42 bits per heavy atom. The fraction of sp³-hybridized carbons (Fsp3) is 0.133. The fourth-order valence-electron chi connectivity index (χ4n) is 1.75. The van der Waals surface area contributed by atoms with Gasteiger partial charge in [0, 0.05) is 5.69 Å². The maximum atomic E-state index is 12.2. The van der Waals surface area contributed by atoms with Crippen LogP contribution in [-0.2, 0) is 9.53 Å². The van der Waals surface area contributed by atoms with E-state index in [1.807, 2.05) is 6.07 Å². The van der Waals surface area contributed by atoms with E-state index in [1.54, 1.807) is 24.3 Å². The molecule has 2 aromatic rings. The number of rotatable bonds is 4. The molecule has 1 amide bonds. The molecule has 9 heteroatoms. The van der Waals surface area contributed by atoms with Gasteiger partial charge in [-0.05, 0) is 30.7 Å². The quantitative estimate of drug-likeness (QED) is 0.620. The van der Waals surface area contributed by atoms with Crippen molar-refractivity contribution in [3.63, 3.8) is 0 Å². The van der Waals surface area contributed by atoms with Gasteiger partial charge in [-0.3, -0.25) is 4.79 Å². The van der Waals surface area contributed by atoms with Crippen LogP contribution in [0.15, 0.2) is 30.3 Å². The third-order valence-corrected chi connectivity index (χ3v) is 4.18. The molecule has 1 aromatic heterocycles. The lowest BCUT2D eigenvalue weighted by Gasteiger charge is -2.12. The van der Waals surface area contributed by atoms with Crippen LogP contribution in [0.4, 0.5) is 11.4 Å². The molecule has 0 saturated carbocycles. The molecule has 0 radical (unpaired) electrons. The van der Waals surface area contributed by atoms with Crippen LogP contribution in [0.1, 0.15) is 17.4 Å². The Balaban J connectivity index is 2.10. The zero-order chi connectivity index (χ0) is 17.9. The number of aromatic nitrogens is 1. The summed E-state index contributed by atoms with van der Waals surface area (Å²) in [4.78, 5) is 26.7. The van der Waals surface area contributed by atoms with Crippen LogP contribution in [-0.4, -0.2) is 18.0 Å². The summed E-state index contributed by atoms with van der Waals surface area (Å²) in [6.45, 7) is 1.42. The molecule has 1 aromatic carbocycles. The van der Waals surface area contributed by atoms with Crippen molar-refractivity contribution in [2.75, 3.05) is 11.1 Å². The van der Waals surface area contributed by atoms with Crippen molar-refractivity contribution in [2.24, 2.45) is 0 Å². The minimum absolute atomic E-state index is 0.00640. The Labute approximate surface area is 152 Å². The summed E-state index contributed by atoms with van der Waals surface area (Å²) in [6.07, 6.45) is -1.07. The van der Waals surface area contributed by atoms with E-state index in [1.165, 1.54) is 6.92 Å². The van der Waals surface area contributed by atoms with Crippen molar-refractivity contribution < 1.29 is 19.3 Å². The number of amides is 1. The maximum absolute atomic E-state index is 12.2. The first-order chi connectivity index (χ1) is 11.3. The van der Waals surface area contributed by atoms with Crippen LogP contribution < -0.4 is 16.0 Å². The predicted octanol–water partition coefficient (Wildman–Crippen LogP) is 3.23. The number of halogens is 3. The second kappa shape index (κ2) is 7.70. The summed E-state index contributed by atoms with van der Waals surface area (Å²) in [5.41, 5.74) is 5.98.